The lowest BCUT2D eigenvalue weighted by Gasteiger charge is -2.01. The van der Waals surface area contributed by atoms with Crippen LogP contribution in [0.3, 0.4) is 0 Å². The molecule has 3 nitrogen and oxygen atoms in total. The highest BCUT2D eigenvalue weighted by Crippen LogP contribution is 2.13. The van der Waals surface area contributed by atoms with E-state index in [4.69, 9.17) is 0 Å². The van der Waals surface area contributed by atoms with Crippen LogP contribution in [0.2, 0.25) is 0 Å². The van der Waals surface area contributed by atoms with Crippen molar-refractivity contribution in [2.75, 3.05) is 7.11 Å². The molecule has 1 aromatic carbocycles. The highest BCUT2D eigenvalue weighted by Gasteiger charge is 2.08. The zero-order valence-corrected chi connectivity index (χ0v) is 10.4. The van der Waals surface area contributed by atoms with Crippen molar-refractivity contribution >= 4 is 42.5 Å². The number of rotatable bonds is 3. The van der Waals surface area contributed by atoms with Crippen molar-refractivity contribution in [3.05, 3.63) is 35.4 Å². The van der Waals surface area contributed by atoms with Gasteiger partial charge < -0.3 is 4.74 Å². The van der Waals surface area contributed by atoms with Gasteiger partial charge in [-0.05, 0) is 6.07 Å². The first-order chi connectivity index (χ1) is 6.79. The van der Waals surface area contributed by atoms with Crippen molar-refractivity contribution in [1.29, 1.82) is 0 Å². The van der Waals surface area contributed by atoms with Gasteiger partial charge in [0.2, 0.25) is 0 Å². The van der Waals surface area contributed by atoms with Crippen molar-refractivity contribution in [2.24, 2.45) is 4.40 Å². The van der Waals surface area contributed by atoms with Crippen LogP contribution in [0.5, 0.6) is 0 Å². The molecule has 0 saturated carbocycles. The average molecular weight is 321 g/mol. The van der Waals surface area contributed by atoms with Gasteiger partial charge in [0.15, 0.2) is 0 Å². The van der Waals surface area contributed by atoms with Gasteiger partial charge in [0.05, 0.1) is 12.7 Å². The first kappa shape index (κ1) is 11.5. The average Bonchev–Trinajstić information content (AvgIpc) is 2.25. The molecule has 0 spiro atoms. The summed E-state index contributed by atoms with van der Waals surface area (Å²) in [4.78, 5) is 11.3. The second-order valence-corrected chi connectivity index (χ2v) is 3.91. The van der Waals surface area contributed by atoms with Gasteiger partial charge in [0.1, 0.15) is 0 Å². The van der Waals surface area contributed by atoms with Crippen LogP contribution in [0, 0.1) is 0 Å². The number of methoxy groups -OCH3 is 1. The first-order valence-electron chi connectivity index (χ1n) is 3.78. The molecule has 0 amide bonds. The molecule has 5 heteroatoms. The zero-order valence-electron chi connectivity index (χ0n) is 7.44. The summed E-state index contributed by atoms with van der Waals surface area (Å²) < 4.78 is 8.64. The molecule has 14 heavy (non-hydrogen) atoms. The summed E-state index contributed by atoms with van der Waals surface area (Å²) in [5, 5.41) is 0. The Balaban J connectivity index is 3.03. The topological polar surface area (TPSA) is 38.7 Å². The number of carbonyl (C=O) groups is 1. The molecule has 1 aromatic rings. The van der Waals surface area contributed by atoms with Crippen molar-refractivity contribution in [2.45, 2.75) is 0 Å². The number of halogens is 1. The fraction of sp³-hybridized carbons (Fsp3) is 0.111. The molecule has 0 aliphatic carbocycles. The van der Waals surface area contributed by atoms with Gasteiger partial charge in [-0.3, -0.25) is 0 Å². The predicted octanol–water partition coefficient (Wildman–Crippen LogP) is 2.89. The van der Waals surface area contributed by atoms with Gasteiger partial charge in [0, 0.05) is 42.1 Å². The number of hydrogen-bond acceptors (Lipinski definition) is 4. The van der Waals surface area contributed by atoms with E-state index in [1.165, 1.54) is 16.2 Å². The Morgan fingerprint density at radius 1 is 1.57 bits per heavy atom. The Kier molecular flexibility index (Phi) is 4.95. The molecule has 0 heterocycles. The van der Waals surface area contributed by atoms with Crippen LogP contribution < -0.4 is 0 Å². The molecular formula is C9H8INO2S. The molecule has 0 fully saturated rings. The van der Waals surface area contributed by atoms with Crippen LogP contribution >= 0.6 is 30.3 Å². The lowest BCUT2D eigenvalue weighted by molar-refractivity contribution is 0.0600. The molecule has 0 radical (unpaired) electrons. The van der Waals surface area contributed by atoms with Gasteiger partial charge in [-0.1, -0.05) is 18.2 Å². The highest BCUT2D eigenvalue weighted by molar-refractivity contribution is 14.2. The standard InChI is InChI=1S/C9H8INO2S/c1-13-9(12)8-5-3-2-4-7(8)6-11-14-10/h2-6H,1H3/b11-6+. The maximum atomic E-state index is 11.3. The molecule has 0 atom stereocenters. The number of benzene rings is 1. The quantitative estimate of drug-likeness (QED) is 0.372. The molecule has 0 N–H and O–H groups in total. The number of ether oxygens (including phenoxy) is 1. The summed E-state index contributed by atoms with van der Waals surface area (Å²) in [5.41, 5.74) is 1.30. The van der Waals surface area contributed by atoms with Crippen LogP contribution in [0.1, 0.15) is 15.9 Å². The minimum Gasteiger partial charge on any atom is -0.465 e. The van der Waals surface area contributed by atoms with Gasteiger partial charge in [-0.25, -0.2) is 9.19 Å². The molecule has 1 rings (SSSR count). The third-order valence-corrected chi connectivity index (χ3v) is 2.47. The Morgan fingerprint density at radius 2 is 2.29 bits per heavy atom. The van der Waals surface area contributed by atoms with E-state index >= 15 is 0 Å². The van der Waals surface area contributed by atoms with E-state index in [0.717, 1.165) is 5.56 Å². The van der Waals surface area contributed by atoms with E-state index in [2.05, 4.69) is 30.3 Å². The van der Waals surface area contributed by atoms with Crippen molar-refractivity contribution in [3.63, 3.8) is 0 Å². The smallest absolute Gasteiger partial charge is 0.338 e. The van der Waals surface area contributed by atoms with E-state index in [9.17, 15) is 4.79 Å². The molecule has 74 valence electrons. The zero-order chi connectivity index (χ0) is 10.4. The largest absolute Gasteiger partial charge is 0.465 e. The van der Waals surface area contributed by atoms with Crippen LogP contribution in [-0.4, -0.2) is 19.3 Å². The number of hydrogen-bond donors (Lipinski definition) is 0. The normalized spacial score (nSPS) is 10.4. The third kappa shape index (κ3) is 2.98. The fourth-order valence-electron chi connectivity index (χ4n) is 0.982. The van der Waals surface area contributed by atoms with E-state index in [-0.39, 0.29) is 5.97 Å². The summed E-state index contributed by atoms with van der Waals surface area (Å²) in [5.74, 6) is -0.342. The Hall–Kier alpha value is -0.560. The predicted molar refractivity (Wildman–Crippen MR) is 67.0 cm³/mol. The molecule has 0 bridgehead atoms. The minimum absolute atomic E-state index is 0.342. The third-order valence-electron chi connectivity index (χ3n) is 1.60. The second-order valence-electron chi connectivity index (χ2n) is 2.38. The molecule has 0 saturated heterocycles. The molecule has 0 aliphatic heterocycles. The number of carbonyl (C=O) groups excluding carboxylic acids is 1. The lowest BCUT2D eigenvalue weighted by atomic mass is 10.1. The van der Waals surface area contributed by atoms with Crippen LogP contribution in [0.4, 0.5) is 0 Å². The lowest BCUT2D eigenvalue weighted by Crippen LogP contribution is -2.04. The minimum atomic E-state index is -0.342. The molecular weight excluding hydrogens is 313 g/mol. The Bertz CT molecular complexity index is 354. The van der Waals surface area contributed by atoms with E-state index in [0.29, 0.717) is 5.56 Å². The monoisotopic (exact) mass is 321 g/mol. The summed E-state index contributed by atoms with van der Waals surface area (Å²) in [7, 11) is 2.68. The summed E-state index contributed by atoms with van der Waals surface area (Å²) in [6.45, 7) is 0. The first-order valence-corrected chi connectivity index (χ1v) is 7.09. The van der Waals surface area contributed by atoms with Crippen molar-refractivity contribution in [1.82, 2.24) is 0 Å². The van der Waals surface area contributed by atoms with Gasteiger partial charge in [-0.2, -0.15) is 0 Å². The van der Waals surface area contributed by atoms with Crippen molar-refractivity contribution < 1.29 is 9.53 Å². The van der Waals surface area contributed by atoms with Gasteiger partial charge in [0.25, 0.3) is 0 Å². The van der Waals surface area contributed by atoms with Crippen molar-refractivity contribution in [3.8, 4) is 0 Å². The summed E-state index contributed by atoms with van der Waals surface area (Å²) in [6.07, 6.45) is 1.64. The molecule has 0 unspecified atom stereocenters. The molecule has 0 aromatic heterocycles. The Labute approximate surface area is 98.7 Å². The number of nitrogens with zero attached hydrogens (tertiary/aromatic N) is 1. The van der Waals surface area contributed by atoms with Gasteiger partial charge in [-0.15, -0.1) is 0 Å². The van der Waals surface area contributed by atoms with Crippen LogP contribution in [0.25, 0.3) is 0 Å². The SMILES string of the molecule is COC(=O)c1ccccc1/C=N/SI. The summed E-state index contributed by atoms with van der Waals surface area (Å²) in [6, 6.07) is 7.18. The Morgan fingerprint density at radius 3 is 2.93 bits per heavy atom. The summed E-state index contributed by atoms with van der Waals surface area (Å²) >= 11 is 2.06. The van der Waals surface area contributed by atoms with E-state index in [1.54, 1.807) is 18.3 Å². The fourth-order valence-corrected chi connectivity index (χ4v) is 1.48. The highest BCUT2D eigenvalue weighted by atomic mass is 127. The van der Waals surface area contributed by atoms with Gasteiger partial charge >= 0.3 is 5.97 Å². The maximum Gasteiger partial charge on any atom is 0.338 e. The van der Waals surface area contributed by atoms with E-state index < -0.39 is 0 Å². The molecule has 0 aliphatic rings. The number of esters is 1. The van der Waals surface area contributed by atoms with Crippen LogP contribution in [0.15, 0.2) is 28.7 Å². The maximum absolute atomic E-state index is 11.3. The van der Waals surface area contributed by atoms with Crippen LogP contribution in [-0.2, 0) is 4.74 Å². The van der Waals surface area contributed by atoms with E-state index in [1.807, 2.05) is 12.1 Å². The second kappa shape index (κ2) is 6.02.